The Balaban J connectivity index is 1.50. The Morgan fingerprint density at radius 3 is 2.50 bits per heavy atom. The molecule has 2 atom stereocenters. The number of hydrogen-bond donors (Lipinski definition) is 0. The summed E-state index contributed by atoms with van der Waals surface area (Å²) in [4.78, 5) is 31.4. The van der Waals surface area contributed by atoms with Crippen LogP contribution in [0.4, 0.5) is 4.39 Å². The van der Waals surface area contributed by atoms with Crippen LogP contribution in [0.5, 0.6) is 0 Å². The SMILES string of the molecule is Cc1nc2nc([C@H]3CCO[C@@H](c4ccc(=O)n(C)c4)C3)nc(C3CCC(CF)CC3)c2nc1C. The lowest BCUT2D eigenvalue weighted by molar-refractivity contribution is 0.00358. The molecule has 1 saturated carbocycles. The molecule has 5 rings (SSSR count). The molecule has 34 heavy (non-hydrogen) atoms. The number of nitrogens with zero attached hydrogens (tertiary/aromatic N) is 5. The zero-order valence-corrected chi connectivity index (χ0v) is 20.1. The minimum Gasteiger partial charge on any atom is -0.373 e. The van der Waals surface area contributed by atoms with Crippen molar-refractivity contribution in [3.63, 3.8) is 0 Å². The summed E-state index contributed by atoms with van der Waals surface area (Å²) in [6.07, 6.45) is 6.92. The number of alkyl halides is 1. The number of pyridine rings is 1. The zero-order chi connectivity index (χ0) is 23.8. The Morgan fingerprint density at radius 2 is 1.76 bits per heavy atom. The van der Waals surface area contributed by atoms with Gasteiger partial charge in [-0.05, 0) is 69.9 Å². The summed E-state index contributed by atoms with van der Waals surface area (Å²) in [6, 6.07) is 3.43. The van der Waals surface area contributed by atoms with E-state index in [1.807, 2.05) is 26.1 Å². The van der Waals surface area contributed by atoms with Gasteiger partial charge < -0.3 is 9.30 Å². The predicted molar refractivity (Wildman–Crippen MR) is 128 cm³/mol. The molecule has 180 valence electrons. The quantitative estimate of drug-likeness (QED) is 0.559. The van der Waals surface area contributed by atoms with Crippen molar-refractivity contribution in [2.75, 3.05) is 13.3 Å². The molecule has 0 unspecified atom stereocenters. The highest BCUT2D eigenvalue weighted by atomic mass is 19.1. The van der Waals surface area contributed by atoms with Crippen LogP contribution >= 0.6 is 0 Å². The molecule has 0 aromatic carbocycles. The van der Waals surface area contributed by atoms with Gasteiger partial charge in [0.1, 0.15) is 11.3 Å². The monoisotopic (exact) mass is 465 g/mol. The number of aryl methyl sites for hydroxylation is 3. The molecule has 1 saturated heterocycles. The highest BCUT2D eigenvalue weighted by Gasteiger charge is 2.31. The maximum absolute atomic E-state index is 13.2. The molecule has 3 aromatic heterocycles. The van der Waals surface area contributed by atoms with E-state index in [2.05, 4.69) is 0 Å². The Labute approximate surface area is 198 Å². The summed E-state index contributed by atoms with van der Waals surface area (Å²) >= 11 is 0. The third-order valence-corrected chi connectivity index (χ3v) is 7.57. The van der Waals surface area contributed by atoms with Gasteiger partial charge in [-0.15, -0.1) is 0 Å². The first-order valence-corrected chi connectivity index (χ1v) is 12.3. The van der Waals surface area contributed by atoms with Crippen molar-refractivity contribution < 1.29 is 9.13 Å². The number of aromatic nitrogens is 5. The maximum atomic E-state index is 13.2. The van der Waals surface area contributed by atoms with Crippen LogP contribution in [0.15, 0.2) is 23.1 Å². The second kappa shape index (κ2) is 9.49. The third-order valence-electron chi connectivity index (χ3n) is 7.57. The molecule has 1 aliphatic heterocycles. The molecule has 7 nitrogen and oxygen atoms in total. The molecule has 0 spiro atoms. The van der Waals surface area contributed by atoms with Gasteiger partial charge in [-0.3, -0.25) is 9.18 Å². The molecule has 0 bridgehead atoms. The Hall–Kier alpha value is -2.74. The summed E-state index contributed by atoms with van der Waals surface area (Å²) < 4.78 is 20.9. The topological polar surface area (TPSA) is 82.8 Å². The first-order chi connectivity index (χ1) is 16.4. The fraction of sp³-hybridized carbons (Fsp3) is 0.577. The molecule has 0 radical (unpaired) electrons. The van der Waals surface area contributed by atoms with Gasteiger partial charge >= 0.3 is 0 Å². The van der Waals surface area contributed by atoms with Crippen LogP contribution in [-0.2, 0) is 11.8 Å². The van der Waals surface area contributed by atoms with Gasteiger partial charge in [-0.2, -0.15) is 0 Å². The molecule has 1 aliphatic carbocycles. The minimum atomic E-state index is -0.241. The van der Waals surface area contributed by atoms with Crippen LogP contribution in [0, 0.1) is 19.8 Å². The lowest BCUT2D eigenvalue weighted by Crippen LogP contribution is -2.23. The second-order valence-electron chi connectivity index (χ2n) is 9.90. The van der Waals surface area contributed by atoms with Crippen molar-refractivity contribution >= 4 is 11.2 Å². The van der Waals surface area contributed by atoms with Crippen molar-refractivity contribution in [1.29, 1.82) is 0 Å². The van der Waals surface area contributed by atoms with E-state index in [4.69, 9.17) is 24.7 Å². The van der Waals surface area contributed by atoms with Crippen molar-refractivity contribution in [2.24, 2.45) is 13.0 Å². The van der Waals surface area contributed by atoms with Gasteiger partial charge in [-0.1, -0.05) is 0 Å². The van der Waals surface area contributed by atoms with Crippen molar-refractivity contribution in [2.45, 2.75) is 70.3 Å². The van der Waals surface area contributed by atoms with E-state index in [0.717, 1.165) is 72.5 Å². The average Bonchev–Trinajstić information content (AvgIpc) is 2.86. The normalized spacial score (nSPS) is 25.5. The summed E-state index contributed by atoms with van der Waals surface area (Å²) in [6.45, 7) is 4.29. The molecule has 2 fully saturated rings. The van der Waals surface area contributed by atoms with E-state index >= 15 is 0 Å². The van der Waals surface area contributed by atoms with E-state index in [0.29, 0.717) is 12.3 Å². The van der Waals surface area contributed by atoms with Crippen molar-refractivity contribution in [3.05, 3.63) is 57.2 Å². The van der Waals surface area contributed by atoms with E-state index in [1.54, 1.807) is 17.7 Å². The number of halogens is 1. The highest BCUT2D eigenvalue weighted by molar-refractivity contribution is 5.73. The van der Waals surface area contributed by atoms with Gasteiger partial charge in [0, 0.05) is 37.8 Å². The second-order valence-corrected chi connectivity index (χ2v) is 9.90. The van der Waals surface area contributed by atoms with Crippen molar-refractivity contribution in [1.82, 2.24) is 24.5 Å². The number of rotatable bonds is 4. The highest BCUT2D eigenvalue weighted by Crippen LogP contribution is 2.40. The standard InChI is InChI=1S/C26H32FN5O2/c1-15-16(2)29-26-24(28-15)23(18-6-4-17(13-27)5-7-18)30-25(31-26)19-10-11-34-21(12-19)20-8-9-22(33)32(3)14-20/h8-9,14,17-19,21H,4-7,10-13H2,1-3H3/t17?,18?,19-,21+/m0/s1. The average molecular weight is 466 g/mol. The van der Waals surface area contributed by atoms with Crippen LogP contribution in [0.3, 0.4) is 0 Å². The number of hydrogen-bond acceptors (Lipinski definition) is 6. The Bertz CT molecular complexity index is 1250. The van der Waals surface area contributed by atoms with Crippen LogP contribution in [0.1, 0.15) is 84.9 Å². The van der Waals surface area contributed by atoms with E-state index in [-0.39, 0.29) is 36.1 Å². The summed E-state index contributed by atoms with van der Waals surface area (Å²) in [5.74, 6) is 1.34. The van der Waals surface area contributed by atoms with E-state index in [9.17, 15) is 9.18 Å². The fourth-order valence-corrected chi connectivity index (χ4v) is 5.28. The van der Waals surface area contributed by atoms with Crippen LogP contribution in [0.25, 0.3) is 11.2 Å². The summed E-state index contributed by atoms with van der Waals surface area (Å²) in [5, 5.41) is 0. The molecule has 0 amide bonds. The minimum absolute atomic E-state index is 0.0367. The molecule has 3 aromatic rings. The van der Waals surface area contributed by atoms with Gasteiger partial charge in [-0.25, -0.2) is 19.9 Å². The van der Waals surface area contributed by atoms with Gasteiger partial charge in [0.05, 0.1) is 29.9 Å². The van der Waals surface area contributed by atoms with Gasteiger partial charge in [0.15, 0.2) is 5.65 Å². The molecular formula is C26H32FN5O2. The van der Waals surface area contributed by atoms with Gasteiger partial charge in [0.2, 0.25) is 5.56 Å². The molecule has 4 heterocycles. The lowest BCUT2D eigenvalue weighted by atomic mass is 9.80. The number of fused-ring (bicyclic) bond motifs is 1. The molecule has 0 N–H and O–H groups in total. The van der Waals surface area contributed by atoms with Crippen LogP contribution < -0.4 is 5.56 Å². The Morgan fingerprint density at radius 1 is 1.00 bits per heavy atom. The first-order valence-electron chi connectivity index (χ1n) is 12.3. The smallest absolute Gasteiger partial charge is 0.250 e. The van der Waals surface area contributed by atoms with E-state index in [1.165, 1.54) is 0 Å². The lowest BCUT2D eigenvalue weighted by Gasteiger charge is -2.30. The van der Waals surface area contributed by atoms with Gasteiger partial charge in [0.25, 0.3) is 0 Å². The van der Waals surface area contributed by atoms with Crippen molar-refractivity contribution in [3.8, 4) is 0 Å². The first kappa shape index (κ1) is 23.0. The van der Waals surface area contributed by atoms with E-state index < -0.39 is 0 Å². The fourth-order valence-electron chi connectivity index (χ4n) is 5.28. The van der Waals surface area contributed by atoms with Crippen LogP contribution in [0.2, 0.25) is 0 Å². The number of ether oxygens (including phenoxy) is 1. The molecular weight excluding hydrogens is 433 g/mol. The molecule has 2 aliphatic rings. The Kier molecular flexibility index (Phi) is 6.42. The van der Waals surface area contributed by atoms with Crippen LogP contribution in [-0.4, -0.2) is 37.8 Å². The third kappa shape index (κ3) is 4.48. The summed E-state index contributed by atoms with van der Waals surface area (Å²) in [5.41, 5.74) is 5.13. The summed E-state index contributed by atoms with van der Waals surface area (Å²) in [7, 11) is 1.76. The largest absolute Gasteiger partial charge is 0.373 e. The maximum Gasteiger partial charge on any atom is 0.250 e. The molecule has 8 heteroatoms. The zero-order valence-electron chi connectivity index (χ0n) is 20.1. The predicted octanol–water partition coefficient (Wildman–Crippen LogP) is 4.61.